The molecular formula is C11H19NO4. The summed E-state index contributed by atoms with van der Waals surface area (Å²) >= 11 is 0. The molecule has 0 atom stereocenters. The summed E-state index contributed by atoms with van der Waals surface area (Å²) in [6, 6.07) is 0. The van der Waals surface area contributed by atoms with Gasteiger partial charge in [-0.2, -0.15) is 0 Å². The molecule has 0 aromatic heterocycles. The number of methoxy groups -OCH3 is 1. The maximum absolute atomic E-state index is 11.4. The maximum Gasteiger partial charge on any atom is 0.326 e. The molecule has 0 aromatic rings. The molecule has 5 nitrogen and oxygen atoms in total. The monoisotopic (exact) mass is 229 g/mol. The zero-order valence-electron chi connectivity index (χ0n) is 9.88. The zero-order valence-corrected chi connectivity index (χ0v) is 9.88. The first-order chi connectivity index (χ1) is 7.64. The first kappa shape index (κ1) is 13.0. The lowest BCUT2D eigenvalue weighted by Gasteiger charge is -2.14. The lowest BCUT2D eigenvalue weighted by molar-refractivity contribution is -0.144. The highest BCUT2D eigenvalue weighted by Crippen LogP contribution is 2.36. The van der Waals surface area contributed by atoms with Crippen molar-refractivity contribution in [2.24, 2.45) is 0 Å². The number of hydrogen-bond acceptors (Lipinski definition) is 5. The van der Waals surface area contributed by atoms with Crippen molar-refractivity contribution in [3.63, 3.8) is 0 Å². The molecule has 1 saturated carbocycles. The van der Waals surface area contributed by atoms with Gasteiger partial charge in [0.05, 0.1) is 13.7 Å². The average molecular weight is 229 g/mol. The van der Waals surface area contributed by atoms with E-state index in [2.05, 4.69) is 5.32 Å². The van der Waals surface area contributed by atoms with E-state index in [4.69, 9.17) is 9.47 Å². The summed E-state index contributed by atoms with van der Waals surface area (Å²) in [5, 5.41) is 3.14. The highest BCUT2D eigenvalue weighted by atomic mass is 16.5. The van der Waals surface area contributed by atoms with Crippen LogP contribution in [0.15, 0.2) is 0 Å². The lowest BCUT2D eigenvalue weighted by atomic mass is 10.2. The van der Waals surface area contributed by atoms with Crippen LogP contribution in [0.1, 0.15) is 32.6 Å². The van der Waals surface area contributed by atoms with Crippen molar-refractivity contribution in [3.8, 4) is 0 Å². The van der Waals surface area contributed by atoms with Gasteiger partial charge in [-0.05, 0) is 32.7 Å². The Morgan fingerprint density at radius 1 is 1.38 bits per heavy atom. The third-order valence-corrected chi connectivity index (χ3v) is 2.65. The van der Waals surface area contributed by atoms with Gasteiger partial charge in [-0.25, -0.2) is 0 Å². The SMILES string of the molecule is CCOC(=O)CCCNC1(C(=O)OC)CC1. The predicted octanol–water partition coefficient (Wildman–Crippen LogP) is 0.625. The van der Waals surface area contributed by atoms with Gasteiger partial charge in [-0.15, -0.1) is 0 Å². The van der Waals surface area contributed by atoms with Crippen molar-refractivity contribution in [3.05, 3.63) is 0 Å². The Kier molecular flexibility index (Phi) is 4.73. The summed E-state index contributed by atoms with van der Waals surface area (Å²) in [5.74, 6) is -0.393. The Labute approximate surface area is 95.5 Å². The Bertz CT molecular complexity index is 261. The second kappa shape index (κ2) is 5.84. The van der Waals surface area contributed by atoms with Crippen LogP contribution in [0, 0.1) is 0 Å². The maximum atomic E-state index is 11.4. The minimum absolute atomic E-state index is 0.188. The fourth-order valence-electron chi connectivity index (χ4n) is 1.57. The summed E-state index contributed by atoms with van der Waals surface area (Å²) in [6.07, 6.45) is 2.70. The first-order valence-corrected chi connectivity index (χ1v) is 5.63. The van der Waals surface area contributed by atoms with Gasteiger partial charge in [0.15, 0.2) is 0 Å². The van der Waals surface area contributed by atoms with E-state index in [9.17, 15) is 9.59 Å². The normalized spacial score (nSPS) is 16.6. The molecule has 16 heavy (non-hydrogen) atoms. The molecule has 92 valence electrons. The van der Waals surface area contributed by atoms with Crippen LogP contribution in [0.5, 0.6) is 0 Å². The molecule has 5 heteroatoms. The molecular weight excluding hydrogens is 210 g/mol. The predicted molar refractivity (Wildman–Crippen MR) is 57.9 cm³/mol. The molecule has 0 amide bonds. The van der Waals surface area contributed by atoms with Gasteiger partial charge in [-0.3, -0.25) is 9.59 Å². The molecule has 1 rings (SSSR count). The summed E-state index contributed by atoms with van der Waals surface area (Å²) in [5.41, 5.74) is -0.469. The van der Waals surface area contributed by atoms with Gasteiger partial charge in [0.25, 0.3) is 0 Å². The molecule has 1 aliphatic rings. The molecule has 0 heterocycles. The van der Waals surface area contributed by atoms with Crippen LogP contribution in [0.4, 0.5) is 0 Å². The minimum atomic E-state index is -0.469. The summed E-state index contributed by atoms with van der Waals surface area (Å²) in [6.45, 7) is 2.83. The van der Waals surface area contributed by atoms with Crippen LogP contribution in [0.2, 0.25) is 0 Å². The highest BCUT2D eigenvalue weighted by Gasteiger charge is 2.50. The second-order valence-corrected chi connectivity index (χ2v) is 3.91. The van der Waals surface area contributed by atoms with Crippen LogP contribution in [0.3, 0.4) is 0 Å². The van der Waals surface area contributed by atoms with E-state index in [0.717, 1.165) is 12.8 Å². The van der Waals surface area contributed by atoms with E-state index >= 15 is 0 Å². The number of carbonyl (C=O) groups is 2. The van der Waals surface area contributed by atoms with Crippen molar-refractivity contribution in [1.82, 2.24) is 5.32 Å². The summed E-state index contributed by atoms with van der Waals surface area (Å²) in [7, 11) is 1.39. The van der Waals surface area contributed by atoms with Crippen molar-refractivity contribution in [2.75, 3.05) is 20.3 Å². The van der Waals surface area contributed by atoms with Gasteiger partial charge < -0.3 is 14.8 Å². The van der Waals surface area contributed by atoms with Gasteiger partial charge in [0, 0.05) is 6.42 Å². The van der Waals surface area contributed by atoms with Crippen LogP contribution < -0.4 is 5.32 Å². The quantitative estimate of drug-likeness (QED) is 0.512. The zero-order chi connectivity index (χ0) is 12.0. The molecule has 0 aliphatic heterocycles. The molecule has 1 fully saturated rings. The standard InChI is InChI=1S/C11H19NO4/c1-3-16-9(13)5-4-8-12-11(6-7-11)10(14)15-2/h12H,3-8H2,1-2H3. The van der Waals surface area contributed by atoms with Crippen molar-refractivity contribution in [2.45, 2.75) is 38.1 Å². The smallest absolute Gasteiger partial charge is 0.326 e. The molecule has 0 spiro atoms. The van der Waals surface area contributed by atoms with Gasteiger partial charge >= 0.3 is 11.9 Å². The van der Waals surface area contributed by atoms with E-state index in [1.807, 2.05) is 0 Å². The molecule has 0 unspecified atom stereocenters. The Balaban J connectivity index is 2.12. The Morgan fingerprint density at radius 2 is 2.06 bits per heavy atom. The lowest BCUT2D eigenvalue weighted by Crippen LogP contribution is -2.40. The number of rotatable bonds is 7. The van der Waals surface area contributed by atoms with Gasteiger partial charge in [0.1, 0.15) is 5.54 Å². The van der Waals surface area contributed by atoms with Gasteiger partial charge in [0.2, 0.25) is 0 Å². The third kappa shape index (κ3) is 3.48. The van der Waals surface area contributed by atoms with Crippen LogP contribution in [-0.2, 0) is 19.1 Å². The molecule has 0 saturated heterocycles. The molecule has 0 bridgehead atoms. The molecule has 0 radical (unpaired) electrons. The third-order valence-electron chi connectivity index (χ3n) is 2.65. The van der Waals surface area contributed by atoms with Gasteiger partial charge in [-0.1, -0.05) is 0 Å². The molecule has 1 N–H and O–H groups in total. The largest absolute Gasteiger partial charge is 0.468 e. The van der Waals surface area contributed by atoms with E-state index in [1.165, 1.54) is 7.11 Å². The summed E-state index contributed by atoms with van der Waals surface area (Å²) in [4.78, 5) is 22.4. The van der Waals surface area contributed by atoms with Crippen molar-refractivity contribution < 1.29 is 19.1 Å². The average Bonchev–Trinajstić information content (AvgIpc) is 3.05. The van der Waals surface area contributed by atoms with E-state index in [1.54, 1.807) is 6.92 Å². The minimum Gasteiger partial charge on any atom is -0.468 e. The van der Waals surface area contributed by atoms with E-state index < -0.39 is 5.54 Å². The number of hydrogen-bond donors (Lipinski definition) is 1. The molecule has 1 aliphatic carbocycles. The Hall–Kier alpha value is -1.10. The number of esters is 2. The second-order valence-electron chi connectivity index (χ2n) is 3.91. The fraction of sp³-hybridized carbons (Fsp3) is 0.818. The molecule has 0 aromatic carbocycles. The topological polar surface area (TPSA) is 64.6 Å². The Morgan fingerprint density at radius 3 is 2.56 bits per heavy atom. The van der Waals surface area contributed by atoms with Crippen LogP contribution in [-0.4, -0.2) is 37.7 Å². The van der Waals surface area contributed by atoms with Crippen molar-refractivity contribution >= 4 is 11.9 Å². The van der Waals surface area contributed by atoms with Crippen LogP contribution >= 0.6 is 0 Å². The first-order valence-electron chi connectivity index (χ1n) is 5.63. The van der Waals surface area contributed by atoms with Crippen LogP contribution in [0.25, 0.3) is 0 Å². The van der Waals surface area contributed by atoms with Crippen molar-refractivity contribution in [1.29, 1.82) is 0 Å². The number of nitrogens with one attached hydrogen (secondary N) is 1. The number of carbonyl (C=O) groups excluding carboxylic acids is 2. The summed E-state index contributed by atoms with van der Waals surface area (Å²) < 4.78 is 9.50. The highest BCUT2D eigenvalue weighted by molar-refractivity contribution is 5.84. The number of ether oxygens (including phenoxy) is 2. The van der Waals surface area contributed by atoms with E-state index in [-0.39, 0.29) is 11.9 Å². The van der Waals surface area contributed by atoms with E-state index in [0.29, 0.717) is 26.0 Å². The fourth-order valence-corrected chi connectivity index (χ4v) is 1.57.